The van der Waals surface area contributed by atoms with Crippen molar-refractivity contribution in [2.75, 3.05) is 26.3 Å². The molecule has 2 aromatic heterocycles. The molecular formula is C20H29N5O2. The van der Waals surface area contributed by atoms with Crippen molar-refractivity contribution < 1.29 is 9.53 Å². The minimum atomic E-state index is 0.147. The Morgan fingerprint density at radius 2 is 1.96 bits per heavy atom. The van der Waals surface area contributed by atoms with E-state index in [9.17, 15) is 4.79 Å². The molecular weight excluding hydrogens is 342 g/mol. The maximum absolute atomic E-state index is 12.8. The van der Waals surface area contributed by atoms with Crippen LogP contribution in [-0.4, -0.2) is 56.4 Å². The van der Waals surface area contributed by atoms with Gasteiger partial charge in [0, 0.05) is 49.8 Å². The Labute approximate surface area is 160 Å². The molecule has 146 valence electrons. The maximum atomic E-state index is 12.8. The Bertz CT molecular complexity index is 818. The van der Waals surface area contributed by atoms with Crippen LogP contribution in [0.2, 0.25) is 0 Å². The summed E-state index contributed by atoms with van der Waals surface area (Å²) < 4.78 is 9.70. The highest BCUT2D eigenvalue weighted by Crippen LogP contribution is 2.32. The van der Waals surface area contributed by atoms with Crippen LogP contribution < -0.4 is 0 Å². The fraction of sp³-hybridized carbons (Fsp3) is 0.650. The summed E-state index contributed by atoms with van der Waals surface area (Å²) in [7, 11) is 0. The molecule has 0 radical (unpaired) electrons. The molecule has 0 aliphatic carbocycles. The van der Waals surface area contributed by atoms with Gasteiger partial charge in [0.25, 0.3) is 0 Å². The van der Waals surface area contributed by atoms with E-state index in [1.165, 1.54) is 11.5 Å². The predicted octanol–water partition coefficient (Wildman–Crippen LogP) is 2.37. The van der Waals surface area contributed by atoms with Crippen LogP contribution in [0.5, 0.6) is 0 Å². The Morgan fingerprint density at radius 1 is 1.19 bits per heavy atom. The third-order valence-electron chi connectivity index (χ3n) is 5.87. The Balaban J connectivity index is 1.46. The van der Waals surface area contributed by atoms with Crippen LogP contribution in [0.1, 0.15) is 54.1 Å². The monoisotopic (exact) mass is 371 g/mol. The average molecular weight is 371 g/mol. The molecule has 2 aliphatic rings. The number of hydrogen-bond acceptors (Lipinski definition) is 4. The molecule has 2 fully saturated rings. The second-order valence-corrected chi connectivity index (χ2v) is 7.88. The van der Waals surface area contributed by atoms with E-state index in [2.05, 4.69) is 16.6 Å². The summed E-state index contributed by atoms with van der Waals surface area (Å²) in [6.07, 6.45) is 5.02. The third kappa shape index (κ3) is 3.65. The van der Waals surface area contributed by atoms with Gasteiger partial charge in [0.05, 0.1) is 11.7 Å². The summed E-state index contributed by atoms with van der Waals surface area (Å²) >= 11 is 0. The summed E-state index contributed by atoms with van der Waals surface area (Å²) in [5.74, 6) is 1.79. The van der Waals surface area contributed by atoms with Crippen molar-refractivity contribution in [2.45, 2.75) is 58.5 Å². The van der Waals surface area contributed by atoms with Crippen LogP contribution in [0.4, 0.5) is 0 Å². The Morgan fingerprint density at radius 3 is 2.67 bits per heavy atom. The second kappa shape index (κ2) is 7.46. The largest absolute Gasteiger partial charge is 0.381 e. The predicted molar refractivity (Wildman–Crippen MR) is 102 cm³/mol. The van der Waals surface area contributed by atoms with Gasteiger partial charge in [-0.25, -0.2) is 4.98 Å². The highest BCUT2D eigenvalue weighted by molar-refractivity contribution is 5.76. The highest BCUT2D eigenvalue weighted by Gasteiger charge is 2.32. The van der Waals surface area contributed by atoms with E-state index in [4.69, 9.17) is 9.72 Å². The Hall–Kier alpha value is -2.15. The minimum Gasteiger partial charge on any atom is -0.381 e. The maximum Gasteiger partial charge on any atom is 0.244 e. The van der Waals surface area contributed by atoms with Crippen molar-refractivity contribution in [3.05, 3.63) is 35.2 Å². The smallest absolute Gasteiger partial charge is 0.244 e. The summed E-state index contributed by atoms with van der Waals surface area (Å²) in [6, 6.07) is 2.32. The summed E-state index contributed by atoms with van der Waals surface area (Å²) in [5, 5.41) is 4.42. The molecule has 1 unspecified atom stereocenters. The minimum absolute atomic E-state index is 0.147. The van der Waals surface area contributed by atoms with Crippen molar-refractivity contribution >= 4 is 5.91 Å². The molecule has 2 aliphatic heterocycles. The quantitative estimate of drug-likeness (QED) is 0.828. The molecule has 7 nitrogen and oxygen atoms in total. The van der Waals surface area contributed by atoms with Gasteiger partial charge in [0.1, 0.15) is 12.4 Å². The van der Waals surface area contributed by atoms with E-state index >= 15 is 0 Å². The van der Waals surface area contributed by atoms with Gasteiger partial charge >= 0.3 is 0 Å². The van der Waals surface area contributed by atoms with Crippen LogP contribution >= 0.6 is 0 Å². The number of hydrogen-bond donors (Lipinski definition) is 0. The van der Waals surface area contributed by atoms with Gasteiger partial charge < -0.3 is 14.2 Å². The van der Waals surface area contributed by atoms with Crippen molar-refractivity contribution in [2.24, 2.45) is 0 Å². The molecule has 4 rings (SSSR count). The van der Waals surface area contributed by atoms with E-state index in [0.29, 0.717) is 18.5 Å². The van der Waals surface area contributed by atoms with E-state index in [-0.39, 0.29) is 5.91 Å². The molecule has 0 aromatic carbocycles. The van der Waals surface area contributed by atoms with E-state index in [0.717, 1.165) is 57.0 Å². The lowest BCUT2D eigenvalue weighted by molar-refractivity contribution is -0.131. The van der Waals surface area contributed by atoms with Crippen molar-refractivity contribution in [1.29, 1.82) is 0 Å². The molecule has 0 saturated carbocycles. The van der Waals surface area contributed by atoms with Crippen LogP contribution in [-0.2, 0) is 16.1 Å². The number of imidazole rings is 1. The lowest BCUT2D eigenvalue weighted by Crippen LogP contribution is -2.33. The molecule has 0 spiro atoms. The van der Waals surface area contributed by atoms with E-state index < -0.39 is 0 Å². The van der Waals surface area contributed by atoms with E-state index in [1.807, 2.05) is 31.0 Å². The van der Waals surface area contributed by atoms with Gasteiger partial charge in [-0.2, -0.15) is 5.10 Å². The first-order chi connectivity index (χ1) is 13.0. The molecule has 0 N–H and O–H groups in total. The number of carbonyl (C=O) groups excluding carboxylic acids is 1. The molecule has 27 heavy (non-hydrogen) atoms. The Kier molecular flexibility index (Phi) is 5.04. The van der Waals surface area contributed by atoms with E-state index in [1.54, 1.807) is 4.68 Å². The van der Waals surface area contributed by atoms with Gasteiger partial charge in [-0.05, 0) is 46.1 Å². The summed E-state index contributed by atoms with van der Waals surface area (Å²) in [6.45, 7) is 9.58. The molecule has 2 saturated heterocycles. The van der Waals surface area contributed by atoms with Crippen molar-refractivity contribution in [3.63, 3.8) is 0 Å². The highest BCUT2D eigenvalue weighted by atomic mass is 16.5. The topological polar surface area (TPSA) is 65.2 Å². The molecule has 0 bridgehead atoms. The normalized spacial score (nSPS) is 21.1. The molecule has 1 atom stereocenters. The molecule has 7 heteroatoms. The first-order valence-corrected chi connectivity index (χ1v) is 9.93. The number of rotatable bonds is 4. The molecule has 1 amide bonds. The zero-order valence-corrected chi connectivity index (χ0v) is 16.5. The van der Waals surface area contributed by atoms with Crippen LogP contribution in [0.25, 0.3) is 0 Å². The molecule has 2 aromatic rings. The standard InChI is InChI=1S/C20H29N5O2/c1-14-10-15(2)24(22-14)13-19(26)23-7-4-18(12-23)25-16(3)11-21-20(25)17-5-8-27-9-6-17/h10-11,17-18H,4-9,12-13H2,1-3H3. The molecule has 4 heterocycles. The van der Waals surface area contributed by atoms with Gasteiger partial charge in [-0.3, -0.25) is 9.48 Å². The zero-order valence-electron chi connectivity index (χ0n) is 16.5. The number of carbonyl (C=O) groups is 1. The summed E-state index contributed by atoms with van der Waals surface area (Å²) in [4.78, 5) is 19.5. The number of aryl methyl sites for hydroxylation is 3. The van der Waals surface area contributed by atoms with Gasteiger partial charge in [-0.1, -0.05) is 0 Å². The number of amides is 1. The van der Waals surface area contributed by atoms with Gasteiger partial charge in [0.2, 0.25) is 5.91 Å². The zero-order chi connectivity index (χ0) is 19.0. The second-order valence-electron chi connectivity index (χ2n) is 7.88. The average Bonchev–Trinajstić information content (AvgIpc) is 3.35. The van der Waals surface area contributed by atoms with Crippen molar-refractivity contribution in [1.82, 2.24) is 24.2 Å². The fourth-order valence-electron chi connectivity index (χ4n) is 4.44. The third-order valence-corrected chi connectivity index (χ3v) is 5.87. The van der Waals surface area contributed by atoms with Crippen LogP contribution in [0.15, 0.2) is 12.3 Å². The number of nitrogens with zero attached hydrogens (tertiary/aromatic N) is 5. The number of aromatic nitrogens is 4. The van der Waals surface area contributed by atoms with Crippen LogP contribution in [0.3, 0.4) is 0 Å². The van der Waals surface area contributed by atoms with Gasteiger partial charge in [0.15, 0.2) is 0 Å². The number of likely N-dealkylation sites (tertiary alicyclic amines) is 1. The van der Waals surface area contributed by atoms with Crippen LogP contribution in [0, 0.1) is 20.8 Å². The summed E-state index contributed by atoms with van der Waals surface area (Å²) in [5.41, 5.74) is 3.17. The first-order valence-electron chi connectivity index (χ1n) is 9.93. The SMILES string of the molecule is Cc1cc(C)n(CC(=O)N2CCC(n3c(C)cnc3C3CCOCC3)C2)n1. The lowest BCUT2D eigenvalue weighted by atomic mass is 9.99. The van der Waals surface area contributed by atoms with Gasteiger partial charge in [-0.15, -0.1) is 0 Å². The first kappa shape index (κ1) is 18.2. The fourth-order valence-corrected chi connectivity index (χ4v) is 4.44. The lowest BCUT2D eigenvalue weighted by Gasteiger charge is -2.26. The number of ether oxygens (including phenoxy) is 1. The van der Waals surface area contributed by atoms with Crippen molar-refractivity contribution in [3.8, 4) is 0 Å².